The number of hydrogen-bond acceptors (Lipinski definition) is 9. The minimum absolute atomic E-state index is 0.0442. The fourth-order valence-electron chi connectivity index (χ4n) is 6.30. The number of pyridine rings is 1. The predicted octanol–water partition coefficient (Wildman–Crippen LogP) is 5.30. The summed E-state index contributed by atoms with van der Waals surface area (Å²) in [5.41, 5.74) is 1.98. The van der Waals surface area contributed by atoms with Crippen LogP contribution >= 0.6 is 0 Å². The number of likely N-dealkylation sites (tertiary alicyclic amines) is 1. The monoisotopic (exact) mass is 658 g/mol. The van der Waals surface area contributed by atoms with E-state index in [1.807, 2.05) is 24.3 Å². The number of piperidine rings is 2. The lowest BCUT2D eigenvalue weighted by Gasteiger charge is -2.32. The van der Waals surface area contributed by atoms with Crippen LogP contribution in [-0.4, -0.2) is 62.0 Å². The summed E-state index contributed by atoms with van der Waals surface area (Å²) in [6.45, 7) is 2.95. The molecular formula is C34H36F2N8O4. The van der Waals surface area contributed by atoms with E-state index in [4.69, 9.17) is 4.42 Å². The summed E-state index contributed by atoms with van der Waals surface area (Å²) in [4.78, 5) is 47.8. The van der Waals surface area contributed by atoms with Crippen molar-refractivity contribution in [1.82, 2.24) is 30.0 Å². The van der Waals surface area contributed by atoms with Crippen molar-refractivity contribution < 1.29 is 27.6 Å². The highest BCUT2D eigenvalue weighted by atomic mass is 19.3. The molecule has 3 aliphatic rings. The predicted molar refractivity (Wildman–Crippen MR) is 171 cm³/mol. The Balaban J connectivity index is 0.962. The largest absolute Gasteiger partial charge is 0.444 e. The molecule has 250 valence electrons. The van der Waals surface area contributed by atoms with E-state index in [-0.39, 0.29) is 41.0 Å². The van der Waals surface area contributed by atoms with Gasteiger partial charge < -0.3 is 15.1 Å². The van der Waals surface area contributed by atoms with Crippen molar-refractivity contribution in [2.75, 3.05) is 30.3 Å². The molecule has 14 heteroatoms. The first-order valence-electron chi connectivity index (χ1n) is 16.3. The molecule has 3 N–H and O–H groups in total. The molecule has 1 atom stereocenters. The van der Waals surface area contributed by atoms with Crippen LogP contribution in [0.3, 0.4) is 0 Å². The lowest BCUT2D eigenvalue weighted by molar-refractivity contribution is -0.134. The molecule has 5 heterocycles. The number of halogens is 2. The van der Waals surface area contributed by atoms with Crippen LogP contribution < -0.4 is 16.0 Å². The average Bonchev–Trinajstić information content (AvgIpc) is 3.60. The Morgan fingerprint density at radius 1 is 1.08 bits per heavy atom. The second-order valence-electron chi connectivity index (χ2n) is 12.7. The van der Waals surface area contributed by atoms with Crippen molar-refractivity contribution in [3.63, 3.8) is 0 Å². The highest BCUT2D eigenvalue weighted by Gasteiger charge is 2.29. The fourth-order valence-corrected chi connectivity index (χ4v) is 6.30. The lowest BCUT2D eigenvalue weighted by atomic mass is 9.89. The third-order valence-electron chi connectivity index (χ3n) is 9.16. The summed E-state index contributed by atoms with van der Waals surface area (Å²) in [5, 5.41) is 12.4. The number of hydrogen-bond donors (Lipinski definition) is 3. The number of amides is 3. The van der Waals surface area contributed by atoms with Crippen molar-refractivity contribution >= 4 is 29.2 Å². The summed E-state index contributed by atoms with van der Waals surface area (Å²) in [7, 11) is 0. The van der Waals surface area contributed by atoms with E-state index < -0.39 is 18.0 Å². The van der Waals surface area contributed by atoms with E-state index in [1.54, 1.807) is 18.3 Å². The lowest BCUT2D eigenvalue weighted by Crippen LogP contribution is -2.39. The summed E-state index contributed by atoms with van der Waals surface area (Å²) in [6.07, 6.45) is 6.01. The summed E-state index contributed by atoms with van der Waals surface area (Å²) >= 11 is 0. The maximum absolute atomic E-state index is 14.0. The van der Waals surface area contributed by atoms with E-state index in [1.165, 1.54) is 30.0 Å². The summed E-state index contributed by atoms with van der Waals surface area (Å²) in [6, 6.07) is 11.3. The molecule has 0 radical (unpaired) electrons. The Morgan fingerprint density at radius 2 is 1.92 bits per heavy atom. The molecule has 0 bridgehead atoms. The molecule has 0 spiro atoms. The molecule has 2 saturated heterocycles. The number of rotatable bonds is 11. The highest BCUT2D eigenvalue weighted by Crippen LogP contribution is 2.32. The first kappa shape index (κ1) is 31.6. The number of nitrogens with zero attached hydrogens (tertiary/aromatic N) is 5. The number of aromatic nitrogens is 4. The number of oxazole rings is 1. The maximum atomic E-state index is 14.0. The second-order valence-corrected chi connectivity index (χ2v) is 12.7. The van der Waals surface area contributed by atoms with Crippen LogP contribution in [0.2, 0.25) is 0 Å². The number of imide groups is 1. The number of alkyl halides is 2. The second kappa shape index (κ2) is 13.6. The van der Waals surface area contributed by atoms with Crippen molar-refractivity contribution in [2.45, 2.75) is 63.5 Å². The number of nitrogens with one attached hydrogen (secondary N) is 3. The summed E-state index contributed by atoms with van der Waals surface area (Å²) in [5.74, 6) is 0.0560. The zero-order chi connectivity index (χ0) is 33.2. The molecular weight excluding hydrogens is 622 g/mol. The van der Waals surface area contributed by atoms with Crippen LogP contribution in [0.25, 0.3) is 11.5 Å². The van der Waals surface area contributed by atoms with E-state index >= 15 is 0 Å². The van der Waals surface area contributed by atoms with Gasteiger partial charge in [0.15, 0.2) is 11.4 Å². The molecule has 3 fully saturated rings. The Morgan fingerprint density at radius 3 is 2.69 bits per heavy atom. The standard InChI is InChI=1S/C34H36F2N8O4/c35-31(36)30-26(39-33(47)27-19-48-34(40-27)23-8-11-37-28(15-23)38-16-20-4-5-20)18-44(42-30)24-9-12-43(13-10-24)17-21-2-1-3-22(14-21)25-6-7-29(45)41-32(25)46/h1-3,8,11,14-15,18-20,24-25,31H,4-7,9-10,12-13,16-17H2,(H,37,38)(H,39,47)(H,41,45,46). The Labute approximate surface area is 275 Å². The van der Waals surface area contributed by atoms with Crippen molar-refractivity contribution in [1.29, 1.82) is 0 Å². The van der Waals surface area contributed by atoms with Gasteiger partial charge in [0.05, 0.1) is 17.6 Å². The number of benzene rings is 1. The molecule has 7 rings (SSSR count). The Hall–Kier alpha value is -4.98. The molecule has 3 aromatic heterocycles. The molecule has 12 nitrogen and oxygen atoms in total. The molecule has 48 heavy (non-hydrogen) atoms. The zero-order valence-corrected chi connectivity index (χ0v) is 26.2. The van der Waals surface area contributed by atoms with E-state index in [9.17, 15) is 23.2 Å². The molecule has 1 aromatic carbocycles. The van der Waals surface area contributed by atoms with Crippen LogP contribution in [0, 0.1) is 5.92 Å². The van der Waals surface area contributed by atoms with Gasteiger partial charge in [-0.3, -0.25) is 29.3 Å². The SMILES string of the molecule is O=C1CCC(c2cccc(CN3CCC(n4cc(NC(=O)c5coc(-c6ccnc(NCC7CC7)c6)n5)c(C(F)F)n4)CC3)c2)C(=O)N1. The third-order valence-corrected chi connectivity index (χ3v) is 9.16. The first-order chi connectivity index (χ1) is 23.3. The van der Waals surface area contributed by atoms with Gasteiger partial charge in [-0.05, 0) is 61.3 Å². The zero-order valence-electron chi connectivity index (χ0n) is 26.2. The number of anilines is 2. The van der Waals surface area contributed by atoms with Crippen LogP contribution in [0.5, 0.6) is 0 Å². The third kappa shape index (κ3) is 7.28. The van der Waals surface area contributed by atoms with Crippen LogP contribution in [0.15, 0.2) is 59.5 Å². The minimum Gasteiger partial charge on any atom is -0.444 e. The van der Waals surface area contributed by atoms with Gasteiger partial charge in [0.1, 0.15) is 12.1 Å². The van der Waals surface area contributed by atoms with Gasteiger partial charge in [0.2, 0.25) is 17.7 Å². The van der Waals surface area contributed by atoms with Gasteiger partial charge in [-0.1, -0.05) is 24.3 Å². The smallest absolute Gasteiger partial charge is 0.284 e. The van der Waals surface area contributed by atoms with Gasteiger partial charge in [0.25, 0.3) is 12.3 Å². The van der Waals surface area contributed by atoms with Gasteiger partial charge in [-0.2, -0.15) is 5.10 Å². The van der Waals surface area contributed by atoms with E-state index in [0.717, 1.165) is 17.7 Å². The van der Waals surface area contributed by atoms with Gasteiger partial charge in [-0.15, -0.1) is 0 Å². The topological polar surface area (TPSA) is 147 Å². The van der Waals surface area contributed by atoms with Gasteiger partial charge >= 0.3 is 0 Å². The summed E-state index contributed by atoms with van der Waals surface area (Å²) < 4.78 is 35.1. The molecule has 4 aromatic rings. The number of carbonyl (C=O) groups is 3. The molecule has 1 saturated carbocycles. The van der Waals surface area contributed by atoms with Crippen molar-refractivity contribution in [2.24, 2.45) is 5.92 Å². The van der Waals surface area contributed by atoms with Gasteiger partial charge in [0, 0.05) is 50.6 Å². The molecule has 1 unspecified atom stereocenters. The van der Waals surface area contributed by atoms with E-state index in [2.05, 4.69) is 35.9 Å². The normalized spacial score (nSPS) is 19.0. The number of carbonyl (C=O) groups excluding carboxylic acids is 3. The maximum Gasteiger partial charge on any atom is 0.284 e. The fraction of sp³-hybridized carbons (Fsp3) is 0.412. The van der Waals surface area contributed by atoms with Crippen LogP contribution in [0.1, 0.15) is 84.2 Å². The highest BCUT2D eigenvalue weighted by molar-refractivity contribution is 6.03. The van der Waals surface area contributed by atoms with Crippen LogP contribution in [-0.2, 0) is 16.1 Å². The average molecular weight is 659 g/mol. The Kier molecular flexibility index (Phi) is 8.98. The molecule has 1 aliphatic carbocycles. The van der Waals surface area contributed by atoms with Gasteiger partial charge in [-0.25, -0.2) is 18.7 Å². The molecule has 2 aliphatic heterocycles. The van der Waals surface area contributed by atoms with Crippen LogP contribution in [0.4, 0.5) is 20.3 Å². The molecule has 3 amide bonds. The van der Waals surface area contributed by atoms with Crippen molar-refractivity contribution in [3.8, 4) is 11.5 Å². The minimum atomic E-state index is -2.88. The Bertz CT molecular complexity index is 1810. The first-order valence-corrected chi connectivity index (χ1v) is 16.3. The quantitative estimate of drug-likeness (QED) is 0.183. The van der Waals surface area contributed by atoms with Crippen molar-refractivity contribution in [3.05, 3.63) is 77.6 Å². The van der Waals surface area contributed by atoms with E-state index in [0.29, 0.717) is 62.6 Å².